The van der Waals surface area contributed by atoms with Gasteiger partial charge in [-0.3, -0.25) is 9.59 Å². The van der Waals surface area contributed by atoms with Crippen LogP contribution in [0.25, 0.3) is 0 Å². The van der Waals surface area contributed by atoms with Gasteiger partial charge in [0.15, 0.2) is 0 Å². The molecule has 1 N–H and O–H groups in total. The number of hydrogen-bond acceptors (Lipinski definition) is 4. The third kappa shape index (κ3) is 4.85. The van der Waals surface area contributed by atoms with Crippen molar-refractivity contribution < 1.29 is 27.5 Å². The van der Waals surface area contributed by atoms with Crippen molar-refractivity contribution >= 4 is 29.3 Å². The Bertz CT molecular complexity index is 551. The zero-order valence-corrected chi connectivity index (χ0v) is 11.5. The van der Waals surface area contributed by atoms with Crippen molar-refractivity contribution in [2.24, 2.45) is 0 Å². The van der Waals surface area contributed by atoms with Gasteiger partial charge in [0.25, 0.3) is 0 Å². The first-order chi connectivity index (χ1) is 9.83. The quantitative estimate of drug-likeness (QED) is 0.922. The van der Waals surface area contributed by atoms with Crippen LogP contribution in [-0.2, 0) is 9.59 Å². The zero-order chi connectivity index (χ0) is 15.5. The minimum atomic E-state index is -4.79. The molecule has 0 spiro atoms. The standard InChI is InChI=1S/C12H11F3N2O3S/c13-12(14,15)20-9-3-1-2-8(4-9)16-10(18)5-17-7-21-6-11(17)19/h1-4H,5-7H2,(H,16,18). The summed E-state index contributed by atoms with van der Waals surface area (Å²) in [7, 11) is 0. The van der Waals surface area contributed by atoms with E-state index >= 15 is 0 Å². The van der Waals surface area contributed by atoms with E-state index in [2.05, 4.69) is 10.1 Å². The van der Waals surface area contributed by atoms with Crippen LogP contribution in [0.3, 0.4) is 0 Å². The third-order valence-electron chi connectivity index (χ3n) is 2.51. The van der Waals surface area contributed by atoms with Crippen LogP contribution in [-0.4, -0.2) is 41.3 Å². The highest BCUT2D eigenvalue weighted by molar-refractivity contribution is 8.00. The van der Waals surface area contributed by atoms with Gasteiger partial charge in [0.2, 0.25) is 11.8 Å². The molecule has 1 saturated heterocycles. The van der Waals surface area contributed by atoms with E-state index in [9.17, 15) is 22.8 Å². The Morgan fingerprint density at radius 1 is 1.43 bits per heavy atom. The topological polar surface area (TPSA) is 58.6 Å². The van der Waals surface area contributed by atoms with Gasteiger partial charge >= 0.3 is 6.36 Å². The summed E-state index contributed by atoms with van der Waals surface area (Å²) in [5.41, 5.74) is 0.168. The third-order valence-corrected chi connectivity index (χ3v) is 3.46. The number of carbonyl (C=O) groups is 2. The predicted molar refractivity (Wildman–Crippen MR) is 70.8 cm³/mol. The van der Waals surface area contributed by atoms with Crippen LogP contribution < -0.4 is 10.1 Å². The SMILES string of the molecule is O=C(CN1CSCC1=O)Nc1cccc(OC(F)(F)F)c1. The summed E-state index contributed by atoms with van der Waals surface area (Å²) in [6.45, 7) is -0.129. The number of nitrogens with zero attached hydrogens (tertiary/aromatic N) is 1. The van der Waals surface area contributed by atoms with E-state index in [-0.39, 0.29) is 18.1 Å². The van der Waals surface area contributed by atoms with Gasteiger partial charge in [0, 0.05) is 11.8 Å². The Morgan fingerprint density at radius 3 is 2.81 bits per heavy atom. The summed E-state index contributed by atoms with van der Waals surface area (Å²) in [5.74, 6) is -0.265. The minimum Gasteiger partial charge on any atom is -0.406 e. The largest absolute Gasteiger partial charge is 0.573 e. The molecule has 1 aliphatic rings. The average Bonchev–Trinajstić information content (AvgIpc) is 2.73. The second-order valence-corrected chi connectivity index (χ2v) is 5.15. The van der Waals surface area contributed by atoms with Gasteiger partial charge in [-0.15, -0.1) is 24.9 Å². The summed E-state index contributed by atoms with van der Waals surface area (Å²) in [6.07, 6.45) is -4.79. The van der Waals surface area contributed by atoms with Crippen molar-refractivity contribution in [2.45, 2.75) is 6.36 Å². The number of hydrogen-bond donors (Lipinski definition) is 1. The van der Waals surface area contributed by atoms with Crippen molar-refractivity contribution in [1.82, 2.24) is 4.90 Å². The lowest BCUT2D eigenvalue weighted by molar-refractivity contribution is -0.274. The molecule has 1 aromatic carbocycles. The molecule has 1 heterocycles. The van der Waals surface area contributed by atoms with Crippen molar-refractivity contribution in [2.75, 3.05) is 23.5 Å². The van der Waals surface area contributed by atoms with Gasteiger partial charge in [-0.05, 0) is 12.1 Å². The Labute approximate surface area is 122 Å². The van der Waals surface area contributed by atoms with Gasteiger partial charge in [0.1, 0.15) is 12.3 Å². The van der Waals surface area contributed by atoms with Crippen LogP contribution in [0.15, 0.2) is 24.3 Å². The fourth-order valence-corrected chi connectivity index (χ4v) is 2.59. The molecule has 1 aliphatic heterocycles. The fraction of sp³-hybridized carbons (Fsp3) is 0.333. The molecule has 0 bridgehead atoms. The highest BCUT2D eigenvalue weighted by atomic mass is 32.2. The van der Waals surface area contributed by atoms with E-state index in [1.165, 1.54) is 28.8 Å². The summed E-state index contributed by atoms with van der Waals surface area (Å²) in [4.78, 5) is 24.5. The second-order valence-electron chi connectivity index (χ2n) is 4.19. The molecule has 1 aromatic rings. The lowest BCUT2D eigenvalue weighted by atomic mass is 10.3. The second kappa shape index (κ2) is 6.25. The number of halogens is 3. The highest BCUT2D eigenvalue weighted by Gasteiger charge is 2.31. The number of amides is 2. The molecule has 0 atom stereocenters. The van der Waals surface area contributed by atoms with Crippen molar-refractivity contribution in [3.8, 4) is 5.75 Å². The van der Waals surface area contributed by atoms with E-state index in [0.717, 1.165) is 12.1 Å². The van der Waals surface area contributed by atoms with E-state index in [1.54, 1.807) is 0 Å². The van der Waals surface area contributed by atoms with Crippen LogP contribution in [0, 0.1) is 0 Å². The first kappa shape index (κ1) is 15.5. The monoisotopic (exact) mass is 320 g/mol. The molecule has 2 amide bonds. The van der Waals surface area contributed by atoms with Crippen molar-refractivity contribution in [1.29, 1.82) is 0 Å². The van der Waals surface area contributed by atoms with Gasteiger partial charge < -0.3 is 15.0 Å². The number of nitrogens with one attached hydrogen (secondary N) is 1. The minimum absolute atomic E-state index is 0.129. The first-order valence-electron chi connectivity index (χ1n) is 5.85. The summed E-state index contributed by atoms with van der Waals surface area (Å²) in [6, 6.07) is 4.95. The molecule has 114 valence electrons. The van der Waals surface area contributed by atoms with Gasteiger partial charge in [-0.1, -0.05) is 6.07 Å². The molecule has 9 heteroatoms. The fourth-order valence-electron chi connectivity index (χ4n) is 1.69. The van der Waals surface area contributed by atoms with Gasteiger partial charge in [-0.2, -0.15) is 0 Å². The molecular formula is C12H11F3N2O3S. The molecule has 0 saturated carbocycles. The number of anilines is 1. The lowest BCUT2D eigenvalue weighted by Gasteiger charge is -2.15. The Balaban J connectivity index is 1.94. The van der Waals surface area contributed by atoms with Crippen LogP contribution in [0.1, 0.15) is 0 Å². The van der Waals surface area contributed by atoms with Crippen LogP contribution >= 0.6 is 11.8 Å². The number of benzene rings is 1. The molecule has 0 aromatic heterocycles. The van der Waals surface area contributed by atoms with Crippen LogP contribution in [0.2, 0.25) is 0 Å². The zero-order valence-electron chi connectivity index (χ0n) is 10.6. The molecule has 5 nitrogen and oxygen atoms in total. The lowest BCUT2D eigenvalue weighted by Crippen LogP contribution is -2.34. The molecule has 1 fully saturated rings. The van der Waals surface area contributed by atoms with E-state index in [1.807, 2.05) is 0 Å². The number of carbonyl (C=O) groups excluding carboxylic acids is 2. The maximum atomic E-state index is 12.1. The molecule has 21 heavy (non-hydrogen) atoms. The summed E-state index contributed by atoms with van der Waals surface area (Å²) < 4.78 is 40.0. The highest BCUT2D eigenvalue weighted by Crippen LogP contribution is 2.25. The average molecular weight is 320 g/mol. The Hall–Kier alpha value is -1.90. The number of thioether (sulfide) groups is 1. The molecule has 2 rings (SSSR count). The normalized spacial score (nSPS) is 15.2. The number of ether oxygens (including phenoxy) is 1. The van der Waals surface area contributed by atoms with Gasteiger partial charge in [0.05, 0.1) is 11.6 Å². The first-order valence-corrected chi connectivity index (χ1v) is 7.00. The van der Waals surface area contributed by atoms with E-state index in [4.69, 9.17) is 0 Å². The van der Waals surface area contributed by atoms with Crippen LogP contribution in [0.5, 0.6) is 5.75 Å². The Kier molecular flexibility index (Phi) is 4.61. The maximum absolute atomic E-state index is 12.1. The predicted octanol–water partition coefficient (Wildman–Crippen LogP) is 2.06. The summed E-state index contributed by atoms with van der Waals surface area (Å²) in [5, 5.41) is 2.43. The number of alkyl halides is 3. The Morgan fingerprint density at radius 2 is 2.19 bits per heavy atom. The van der Waals surface area contributed by atoms with Crippen molar-refractivity contribution in [3.63, 3.8) is 0 Å². The molecular weight excluding hydrogens is 309 g/mol. The maximum Gasteiger partial charge on any atom is 0.573 e. The summed E-state index contributed by atoms with van der Waals surface area (Å²) >= 11 is 1.40. The molecule has 0 radical (unpaired) electrons. The van der Waals surface area contributed by atoms with E-state index < -0.39 is 18.0 Å². The van der Waals surface area contributed by atoms with Gasteiger partial charge in [-0.25, -0.2) is 0 Å². The smallest absolute Gasteiger partial charge is 0.406 e. The van der Waals surface area contributed by atoms with E-state index in [0.29, 0.717) is 11.6 Å². The van der Waals surface area contributed by atoms with Crippen molar-refractivity contribution in [3.05, 3.63) is 24.3 Å². The van der Waals surface area contributed by atoms with Crippen LogP contribution in [0.4, 0.5) is 18.9 Å². The molecule has 0 unspecified atom stereocenters. The number of rotatable bonds is 4. The molecule has 0 aliphatic carbocycles.